The number of carbonyl (C=O) groups excluding carboxylic acids is 1. The van der Waals surface area contributed by atoms with Crippen molar-refractivity contribution in [1.29, 1.82) is 0 Å². The van der Waals surface area contributed by atoms with E-state index in [0.29, 0.717) is 6.54 Å². The molecule has 0 atom stereocenters. The highest BCUT2D eigenvalue weighted by molar-refractivity contribution is 7.09. The van der Waals surface area contributed by atoms with E-state index in [1.165, 1.54) is 11.1 Å². The first-order valence-electron chi connectivity index (χ1n) is 10.4. The average molecular weight is 421 g/mol. The van der Waals surface area contributed by atoms with Crippen LogP contribution in [0.2, 0.25) is 0 Å². The zero-order valence-electron chi connectivity index (χ0n) is 17.6. The quantitative estimate of drug-likeness (QED) is 0.650. The van der Waals surface area contributed by atoms with Gasteiger partial charge in [-0.25, -0.2) is 4.98 Å². The number of nitrogens with one attached hydrogen (secondary N) is 1. The normalized spacial score (nSPS) is 15.3. The first-order valence-corrected chi connectivity index (χ1v) is 11.3. The number of aryl methyl sites for hydroxylation is 2. The van der Waals surface area contributed by atoms with Crippen molar-refractivity contribution in [3.8, 4) is 11.3 Å². The summed E-state index contributed by atoms with van der Waals surface area (Å²) in [5.41, 5.74) is 5.43. The molecule has 1 N–H and O–H groups in total. The minimum Gasteiger partial charge on any atom is -0.325 e. The number of piperazine rings is 1. The second-order valence-electron chi connectivity index (χ2n) is 7.91. The Hall–Kier alpha value is -2.54. The van der Waals surface area contributed by atoms with Crippen LogP contribution in [0.15, 0.2) is 53.9 Å². The van der Waals surface area contributed by atoms with Crippen molar-refractivity contribution < 1.29 is 4.79 Å². The first kappa shape index (κ1) is 20.7. The third-order valence-electron chi connectivity index (χ3n) is 5.47. The number of hydrogen-bond acceptors (Lipinski definition) is 5. The summed E-state index contributed by atoms with van der Waals surface area (Å²) in [6, 6.07) is 16.4. The van der Waals surface area contributed by atoms with Gasteiger partial charge in [0.15, 0.2) is 0 Å². The van der Waals surface area contributed by atoms with Gasteiger partial charge in [-0.1, -0.05) is 48.0 Å². The van der Waals surface area contributed by atoms with Gasteiger partial charge in [-0.2, -0.15) is 0 Å². The van der Waals surface area contributed by atoms with Crippen molar-refractivity contribution in [3.63, 3.8) is 0 Å². The second-order valence-corrected chi connectivity index (χ2v) is 8.85. The number of aromatic nitrogens is 1. The lowest BCUT2D eigenvalue weighted by Crippen LogP contribution is -2.48. The van der Waals surface area contributed by atoms with E-state index in [-0.39, 0.29) is 5.91 Å². The summed E-state index contributed by atoms with van der Waals surface area (Å²) in [6.07, 6.45) is 0. The monoisotopic (exact) mass is 420 g/mol. The molecule has 0 saturated carbocycles. The van der Waals surface area contributed by atoms with Crippen LogP contribution in [0.3, 0.4) is 0 Å². The maximum atomic E-state index is 12.5. The molecule has 0 radical (unpaired) electrons. The largest absolute Gasteiger partial charge is 0.325 e. The number of carbonyl (C=O) groups is 1. The van der Waals surface area contributed by atoms with Gasteiger partial charge in [-0.15, -0.1) is 11.3 Å². The standard InChI is InChI=1S/C24H28N4OS/c1-18-8-9-21(19(2)14-18)25-23(29)15-27-10-12-28(13-11-27)16-24-26-22(17-30-24)20-6-4-3-5-7-20/h3-9,14,17H,10-13,15-16H2,1-2H3,(H,25,29). The van der Waals surface area contributed by atoms with E-state index in [1.54, 1.807) is 11.3 Å². The SMILES string of the molecule is Cc1ccc(NC(=O)CN2CCN(Cc3nc(-c4ccccc4)cs3)CC2)c(C)c1. The third kappa shape index (κ3) is 5.33. The Morgan fingerprint density at radius 3 is 2.50 bits per heavy atom. The third-order valence-corrected chi connectivity index (χ3v) is 6.30. The van der Waals surface area contributed by atoms with E-state index >= 15 is 0 Å². The summed E-state index contributed by atoms with van der Waals surface area (Å²) in [4.78, 5) is 21.9. The molecule has 1 fully saturated rings. The molecule has 1 amide bonds. The fourth-order valence-electron chi connectivity index (χ4n) is 3.77. The number of thiazole rings is 1. The smallest absolute Gasteiger partial charge is 0.238 e. The first-order chi connectivity index (χ1) is 14.6. The van der Waals surface area contributed by atoms with E-state index in [4.69, 9.17) is 4.98 Å². The van der Waals surface area contributed by atoms with Gasteiger partial charge >= 0.3 is 0 Å². The van der Waals surface area contributed by atoms with Gasteiger partial charge in [0.25, 0.3) is 0 Å². The van der Waals surface area contributed by atoms with Crippen LogP contribution in [0.1, 0.15) is 16.1 Å². The van der Waals surface area contributed by atoms with E-state index < -0.39 is 0 Å². The molecular weight excluding hydrogens is 392 g/mol. The van der Waals surface area contributed by atoms with Gasteiger partial charge < -0.3 is 5.32 Å². The van der Waals surface area contributed by atoms with E-state index in [9.17, 15) is 4.79 Å². The lowest BCUT2D eigenvalue weighted by atomic mass is 10.1. The Kier molecular flexibility index (Phi) is 6.57. The molecule has 4 rings (SSSR count). The minimum absolute atomic E-state index is 0.0582. The molecule has 2 heterocycles. The van der Waals surface area contributed by atoms with Crippen molar-refractivity contribution in [2.75, 3.05) is 38.0 Å². The summed E-state index contributed by atoms with van der Waals surface area (Å²) in [7, 11) is 0. The fourth-order valence-corrected chi connectivity index (χ4v) is 4.61. The number of anilines is 1. The van der Waals surface area contributed by atoms with Crippen molar-refractivity contribution in [1.82, 2.24) is 14.8 Å². The molecule has 2 aromatic carbocycles. The lowest BCUT2D eigenvalue weighted by molar-refractivity contribution is -0.117. The Bertz CT molecular complexity index is 993. The van der Waals surface area contributed by atoms with Gasteiger partial charge in [0, 0.05) is 42.8 Å². The predicted molar refractivity (Wildman–Crippen MR) is 124 cm³/mol. The molecule has 0 unspecified atom stereocenters. The maximum absolute atomic E-state index is 12.5. The molecule has 0 spiro atoms. The fraction of sp³-hybridized carbons (Fsp3) is 0.333. The van der Waals surface area contributed by atoms with Gasteiger partial charge in [-0.3, -0.25) is 14.6 Å². The van der Waals surface area contributed by atoms with Crippen LogP contribution < -0.4 is 5.32 Å². The molecule has 0 aliphatic carbocycles. The molecule has 6 heteroatoms. The molecule has 5 nitrogen and oxygen atoms in total. The van der Waals surface area contributed by atoms with Gasteiger partial charge in [0.05, 0.1) is 18.8 Å². The summed E-state index contributed by atoms with van der Waals surface area (Å²) in [5, 5.41) is 6.34. The number of rotatable bonds is 6. The van der Waals surface area contributed by atoms with Crippen LogP contribution >= 0.6 is 11.3 Å². The Balaban J connectivity index is 1.24. The minimum atomic E-state index is 0.0582. The molecule has 1 aromatic heterocycles. The highest BCUT2D eigenvalue weighted by Gasteiger charge is 2.20. The molecule has 3 aromatic rings. The van der Waals surface area contributed by atoms with Crippen LogP contribution in [-0.2, 0) is 11.3 Å². The molecular formula is C24H28N4OS. The predicted octanol–water partition coefficient (Wildman–Crippen LogP) is 4.18. The van der Waals surface area contributed by atoms with Crippen LogP contribution in [0.4, 0.5) is 5.69 Å². The van der Waals surface area contributed by atoms with Crippen molar-refractivity contribution >= 4 is 22.9 Å². The van der Waals surface area contributed by atoms with Crippen molar-refractivity contribution in [2.45, 2.75) is 20.4 Å². The van der Waals surface area contributed by atoms with Gasteiger partial charge in [0.2, 0.25) is 5.91 Å². The number of amides is 1. The topological polar surface area (TPSA) is 48.5 Å². The number of hydrogen-bond donors (Lipinski definition) is 1. The molecule has 0 bridgehead atoms. The van der Waals surface area contributed by atoms with E-state index in [2.05, 4.69) is 45.6 Å². The van der Waals surface area contributed by atoms with Crippen molar-refractivity contribution in [3.05, 3.63) is 70.0 Å². The zero-order valence-corrected chi connectivity index (χ0v) is 18.4. The van der Waals surface area contributed by atoms with Crippen LogP contribution in [-0.4, -0.2) is 53.4 Å². The molecule has 1 saturated heterocycles. The summed E-state index contributed by atoms with van der Waals surface area (Å²) in [5.74, 6) is 0.0582. The highest BCUT2D eigenvalue weighted by Crippen LogP contribution is 2.23. The zero-order chi connectivity index (χ0) is 20.9. The summed E-state index contributed by atoms with van der Waals surface area (Å²) < 4.78 is 0. The number of benzene rings is 2. The lowest BCUT2D eigenvalue weighted by Gasteiger charge is -2.33. The summed E-state index contributed by atoms with van der Waals surface area (Å²) >= 11 is 1.72. The highest BCUT2D eigenvalue weighted by atomic mass is 32.1. The van der Waals surface area contributed by atoms with Gasteiger partial charge in [0.1, 0.15) is 5.01 Å². The summed E-state index contributed by atoms with van der Waals surface area (Å²) in [6.45, 7) is 9.12. The second kappa shape index (κ2) is 9.51. The van der Waals surface area contributed by atoms with Crippen molar-refractivity contribution in [2.24, 2.45) is 0 Å². The molecule has 1 aliphatic rings. The molecule has 30 heavy (non-hydrogen) atoms. The number of nitrogens with zero attached hydrogens (tertiary/aromatic N) is 3. The van der Waals surface area contributed by atoms with Crippen LogP contribution in [0, 0.1) is 13.8 Å². The van der Waals surface area contributed by atoms with E-state index in [0.717, 1.165) is 54.7 Å². The molecule has 156 valence electrons. The average Bonchev–Trinajstić information content (AvgIpc) is 3.21. The Labute approximate surface area is 182 Å². The van der Waals surface area contributed by atoms with Gasteiger partial charge in [-0.05, 0) is 25.5 Å². The van der Waals surface area contributed by atoms with Crippen LogP contribution in [0.5, 0.6) is 0 Å². The van der Waals surface area contributed by atoms with Crippen LogP contribution in [0.25, 0.3) is 11.3 Å². The Morgan fingerprint density at radius 2 is 1.77 bits per heavy atom. The Morgan fingerprint density at radius 1 is 1.03 bits per heavy atom. The molecule has 1 aliphatic heterocycles. The maximum Gasteiger partial charge on any atom is 0.238 e. The van der Waals surface area contributed by atoms with E-state index in [1.807, 2.05) is 37.3 Å².